The zero-order valence-corrected chi connectivity index (χ0v) is 7.46. The van der Waals surface area contributed by atoms with E-state index < -0.39 is 5.97 Å². The van der Waals surface area contributed by atoms with Crippen LogP contribution in [0.2, 0.25) is 5.15 Å². The van der Waals surface area contributed by atoms with Gasteiger partial charge in [-0.2, -0.15) is 5.10 Å². The molecule has 2 aromatic heterocycles. The van der Waals surface area contributed by atoms with Gasteiger partial charge >= 0.3 is 5.97 Å². The summed E-state index contributed by atoms with van der Waals surface area (Å²) in [6.07, 6.45) is 1.54. The molecule has 0 amide bonds. The molecule has 2 aromatic rings. The minimum Gasteiger partial charge on any atom is -0.478 e. The minimum atomic E-state index is -1.06. The van der Waals surface area contributed by atoms with Gasteiger partial charge in [0.2, 0.25) is 0 Å². The van der Waals surface area contributed by atoms with Crippen LogP contribution < -0.4 is 0 Å². The fourth-order valence-corrected chi connectivity index (χ4v) is 1.58. The zero-order valence-electron chi connectivity index (χ0n) is 6.71. The quantitative estimate of drug-likeness (QED) is 0.726. The number of hydrogen-bond acceptors (Lipinski definition) is 2. The number of aromatic carboxylic acids is 1. The van der Waals surface area contributed by atoms with E-state index in [0.717, 1.165) is 0 Å². The summed E-state index contributed by atoms with van der Waals surface area (Å²) < 4.78 is 1.47. The lowest BCUT2D eigenvalue weighted by Gasteiger charge is -1.93. The van der Waals surface area contributed by atoms with Crippen LogP contribution in [0.4, 0.5) is 0 Å². The van der Waals surface area contributed by atoms with Gasteiger partial charge in [-0.15, -0.1) is 0 Å². The third kappa shape index (κ3) is 1.01. The van der Waals surface area contributed by atoms with Crippen LogP contribution in [-0.4, -0.2) is 25.8 Å². The molecule has 0 saturated heterocycles. The number of aromatic nitrogens is 3. The average molecular weight is 200 g/mol. The van der Waals surface area contributed by atoms with Crippen molar-refractivity contribution in [2.75, 3.05) is 0 Å². The second kappa shape index (κ2) is 2.50. The lowest BCUT2D eigenvalue weighted by Crippen LogP contribution is -1.99. The maximum atomic E-state index is 10.8. The molecule has 0 spiro atoms. The van der Waals surface area contributed by atoms with Crippen LogP contribution in [-0.2, 0) is 7.05 Å². The molecular weight excluding hydrogens is 194 g/mol. The molecule has 2 rings (SSSR count). The second-order valence-electron chi connectivity index (χ2n) is 2.65. The van der Waals surface area contributed by atoms with Crippen molar-refractivity contribution >= 4 is 28.6 Å². The second-order valence-corrected chi connectivity index (χ2v) is 3.03. The molecule has 68 valence electrons. The van der Waals surface area contributed by atoms with Gasteiger partial charge in [0.1, 0.15) is 16.2 Å². The summed E-state index contributed by atoms with van der Waals surface area (Å²) >= 11 is 5.70. The normalized spacial score (nSPS) is 10.9. The molecule has 5 nitrogen and oxygen atoms in total. The van der Waals surface area contributed by atoms with Crippen molar-refractivity contribution in [3.05, 3.63) is 16.9 Å². The molecule has 0 radical (unpaired) electrons. The third-order valence-corrected chi connectivity index (χ3v) is 2.14. The first kappa shape index (κ1) is 8.12. The molecule has 0 aromatic carbocycles. The summed E-state index contributed by atoms with van der Waals surface area (Å²) in [6, 6.07) is 0. The predicted octanol–water partition coefficient (Wildman–Crippen LogP) is 1.25. The highest BCUT2D eigenvalue weighted by molar-refractivity contribution is 6.34. The maximum absolute atomic E-state index is 10.8. The van der Waals surface area contributed by atoms with E-state index in [9.17, 15) is 4.79 Å². The average Bonchev–Trinajstić information content (AvgIpc) is 2.51. The highest BCUT2D eigenvalue weighted by atomic mass is 35.5. The van der Waals surface area contributed by atoms with Gasteiger partial charge in [0.05, 0.1) is 11.7 Å². The van der Waals surface area contributed by atoms with Crippen LogP contribution in [0.15, 0.2) is 6.20 Å². The lowest BCUT2D eigenvalue weighted by molar-refractivity contribution is 0.0699. The number of H-pyrrole nitrogens is 1. The van der Waals surface area contributed by atoms with Crippen LogP contribution in [0.25, 0.3) is 11.0 Å². The molecule has 0 aliphatic heterocycles. The Morgan fingerprint density at radius 3 is 3.08 bits per heavy atom. The van der Waals surface area contributed by atoms with Crippen molar-refractivity contribution in [1.29, 1.82) is 0 Å². The van der Waals surface area contributed by atoms with E-state index in [0.29, 0.717) is 11.0 Å². The first-order chi connectivity index (χ1) is 6.11. The van der Waals surface area contributed by atoms with E-state index in [1.165, 1.54) is 10.9 Å². The molecule has 2 heterocycles. The molecule has 0 fully saturated rings. The molecule has 0 saturated carbocycles. The standard InChI is InChI=1S/C7H6ClN3O2/c1-11-5-3(2-9-11)10-6(8)4(5)7(12)13/h2,10H,1H3,(H,12,13). The number of nitrogens with zero attached hydrogens (tertiary/aromatic N) is 2. The number of carboxylic acid groups (broad SMARTS) is 1. The number of fused-ring (bicyclic) bond motifs is 1. The number of rotatable bonds is 1. The van der Waals surface area contributed by atoms with Gasteiger partial charge in [-0.05, 0) is 0 Å². The highest BCUT2D eigenvalue weighted by Crippen LogP contribution is 2.25. The number of hydrogen-bond donors (Lipinski definition) is 2. The molecule has 6 heteroatoms. The Kier molecular flexibility index (Phi) is 1.56. The Bertz CT molecular complexity index is 485. The molecule has 0 bridgehead atoms. The smallest absolute Gasteiger partial charge is 0.341 e. The van der Waals surface area contributed by atoms with E-state index in [4.69, 9.17) is 16.7 Å². The molecule has 2 N–H and O–H groups in total. The summed E-state index contributed by atoms with van der Waals surface area (Å²) in [6.45, 7) is 0. The van der Waals surface area contributed by atoms with E-state index in [1.807, 2.05) is 0 Å². The van der Waals surface area contributed by atoms with Crippen LogP contribution >= 0.6 is 11.6 Å². The van der Waals surface area contributed by atoms with Crippen molar-refractivity contribution in [1.82, 2.24) is 14.8 Å². The van der Waals surface area contributed by atoms with Crippen molar-refractivity contribution in [2.45, 2.75) is 0 Å². The van der Waals surface area contributed by atoms with Crippen molar-refractivity contribution in [3.63, 3.8) is 0 Å². The molecular formula is C7H6ClN3O2. The summed E-state index contributed by atoms with van der Waals surface area (Å²) in [5.41, 5.74) is 1.21. The summed E-state index contributed by atoms with van der Waals surface area (Å²) in [5.74, 6) is -1.06. The molecule has 0 aliphatic rings. The van der Waals surface area contributed by atoms with Crippen LogP contribution in [0.5, 0.6) is 0 Å². The number of aryl methyl sites for hydroxylation is 1. The third-order valence-electron chi connectivity index (χ3n) is 1.85. The summed E-state index contributed by atoms with van der Waals surface area (Å²) in [4.78, 5) is 13.5. The maximum Gasteiger partial charge on any atom is 0.341 e. The van der Waals surface area contributed by atoms with Crippen molar-refractivity contribution in [2.24, 2.45) is 7.05 Å². The Morgan fingerprint density at radius 2 is 2.46 bits per heavy atom. The SMILES string of the molecule is Cn1ncc2[nH]c(Cl)c(C(=O)O)c21. The molecule has 0 aliphatic carbocycles. The van der Waals surface area contributed by atoms with Gasteiger partial charge in [0.15, 0.2) is 0 Å². The lowest BCUT2D eigenvalue weighted by atomic mass is 10.3. The summed E-state index contributed by atoms with van der Waals surface area (Å²) in [7, 11) is 1.67. The first-order valence-electron chi connectivity index (χ1n) is 3.53. The monoisotopic (exact) mass is 199 g/mol. The largest absolute Gasteiger partial charge is 0.478 e. The number of aromatic amines is 1. The van der Waals surface area contributed by atoms with Crippen LogP contribution in [0, 0.1) is 0 Å². The summed E-state index contributed by atoms with van der Waals surface area (Å²) in [5, 5.41) is 12.9. The topological polar surface area (TPSA) is 70.9 Å². The van der Waals surface area contributed by atoms with Crippen LogP contribution in [0.3, 0.4) is 0 Å². The fourth-order valence-electron chi connectivity index (χ4n) is 1.31. The van der Waals surface area contributed by atoms with Crippen molar-refractivity contribution in [3.8, 4) is 0 Å². The van der Waals surface area contributed by atoms with Crippen LogP contribution in [0.1, 0.15) is 10.4 Å². The van der Waals surface area contributed by atoms with E-state index in [-0.39, 0.29) is 10.7 Å². The van der Waals surface area contributed by atoms with Gasteiger partial charge in [-0.25, -0.2) is 4.79 Å². The molecule has 0 atom stereocenters. The Balaban J connectivity index is 2.90. The Labute approximate surface area is 77.9 Å². The number of nitrogens with one attached hydrogen (secondary N) is 1. The van der Waals surface area contributed by atoms with E-state index in [2.05, 4.69) is 10.1 Å². The van der Waals surface area contributed by atoms with Gasteiger partial charge in [0.25, 0.3) is 0 Å². The van der Waals surface area contributed by atoms with Crippen molar-refractivity contribution < 1.29 is 9.90 Å². The predicted molar refractivity (Wildman–Crippen MR) is 47.0 cm³/mol. The van der Waals surface area contributed by atoms with Gasteiger partial charge in [-0.3, -0.25) is 4.68 Å². The van der Waals surface area contributed by atoms with Gasteiger partial charge < -0.3 is 10.1 Å². The molecule has 0 unspecified atom stereocenters. The first-order valence-corrected chi connectivity index (χ1v) is 3.91. The fraction of sp³-hybridized carbons (Fsp3) is 0.143. The number of carbonyl (C=O) groups is 1. The highest BCUT2D eigenvalue weighted by Gasteiger charge is 2.19. The van der Waals surface area contributed by atoms with Gasteiger partial charge in [-0.1, -0.05) is 11.6 Å². The Hall–Kier alpha value is -1.49. The minimum absolute atomic E-state index is 0.0664. The molecule has 13 heavy (non-hydrogen) atoms. The Morgan fingerprint density at radius 1 is 1.77 bits per heavy atom. The van der Waals surface area contributed by atoms with E-state index >= 15 is 0 Å². The number of halogens is 1. The zero-order chi connectivity index (χ0) is 9.59. The van der Waals surface area contributed by atoms with Gasteiger partial charge in [0, 0.05) is 7.05 Å². The number of carboxylic acids is 1. The van der Waals surface area contributed by atoms with E-state index in [1.54, 1.807) is 7.05 Å².